The van der Waals surface area contributed by atoms with Crippen LogP contribution in [-0.2, 0) is 0 Å². The predicted octanol–water partition coefficient (Wildman–Crippen LogP) is 4.28. The third kappa shape index (κ3) is 2.23. The highest BCUT2D eigenvalue weighted by molar-refractivity contribution is 6.34. The summed E-state index contributed by atoms with van der Waals surface area (Å²) in [4.78, 5) is 8.73. The molecule has 0 radical (unpaired) electrons. The van der Waals surface area contributed by atoms with Crippen molar-refractivity contribution in [2.24, 2.45) is 0 Å². The molecule has 2 aromatic heterocycles. The summed E-state index contributed by atoms with van der Waals surface area (Å²) < 4.78 is 5.85. The monoisotopic (exact) mass is 287 g/mol. The third-order valence-corrected chi connectivity index (χ3v) is 3.33. The van der Waals surface area contributed by atoms with E-state index in [4.69, 9.17) is 16.0 Å². The second kappa shape index (κ2) is 5.13. The molecule has 102 valence electrons. The number of nitrogens with zero attached hydrogens (tertiary/aromatic N) is 2. The lowest BCUT2D eigenvalue weighted by molar-refractivity contribution is 0.628. The van der Waals surface area contributed by atoms with Gasteiger partial charge in [-0.3, -0.25) is 0 Å². The molecule has 0 fully saturated rings. The van der Waals surface area contributed by atoms with E-state index in [1.54, 1.807) is 6.20 Å². The fourth-order valence-corrected chi connectivity index (χ4v) is 2.30. The van der Waals surface area contributed by atoms with Crippen LogP contribution in [0.1, 0.15) is 12.5 Å². The van der Waals surface area contributed by atoms with E-state index in [9.17, 15) is 0 Å². The van der Waals surface area contributed by atoms with Crippen LogP contribution in [-0.4, -0.2) is 16.5 Å². The lowest BCUT2D eigenvalue weighted by atomic mass is 10.2. The number of hydrogen-bond donors (Lipinski definition) is 1. The van der Waals surface area contributed by atoms with Crippen molar-refractivity contribution >= 4 is 28.5 Å². The van der Waals surface area contributed by atoms with E-state index in [1.807, 2.05) is 38.1 Å². The molecular formula is C15H14ClN3O. The molecule has 0 bridgehead atoms. The van der Waals surface area contributed by atoms with Gasteiger partial charge < -0.3 is 9.73 Å². The zero-order chi connectivity index (χ0) is 14.1. The smallest absolute Gasteiger partial charge is 0.223 e. The number of para-hydroxylation sites is 1. The molecule has 0 saturated heterocycles. The molecule has 3 aromatic rings. The number of halogens is 1. The van der Waals surface area contributed by atoms with Crippen molar-refractivity contribution < 1.29 is 4.42 Å². The number of benzene rings is 1. The first-order valence-electron chi connectivity index (χ1n) is 6.45. The summed E-state index contributed by atoms with van der Waals surface area (Å²) in [7, 11) is 0. The summed E-state index contributed by atoms with van der Waals surface area (Å²) in [6, 6.07) is 7.64. The first-order valence-corrected chi connectivity index (χ1v) is 6.82. The van der Waals surface area contributed by atoms with Crippen LogP contribution < -0.4 is 5.32 Å². The van der Waals surface area contributed by atoms with Crippen LogP contribution in [0.4, 0.5) is 5.95 Å². The summed E-state index contributed by atoms with van der Waals surface area (Å²) in [6.45, 7) is 4.73. The van der Waals surface area contributed by atoms with Crippen LogP contribution in [0.25, 0.3) is 22.4 Å². The molecular weight excluding hydrogens is 274 g/mol. The van der Waals surface area contributed by atoms with Crippen molar-refractivity contribution in [1.29, 1.82) is 0 Å². The van der Waals surface area contributed by atoms with Crippen molar-refractivity contribution in [2.75, 3.05) is 11.9 Å². The Labute approximate surface area is 121 Å². The second-order valence-electron chi connectivity index (χ2n) is 4.52. The van der Waals surface area contributed by atoms with Crippen LogP contribution in [0.5, 0.6) is 0 Å². The maximum absolute atomic E-state index is 6.14. The largest absolute Gasteiger partial charge is 0.453 e. The molecule has 0 aliphatic rings. The van der Waals surface area contributed by atoms with Crippen molar-refractivity contribution in [1.82, 2.24) is 9.97 Å². The van der Waals surface area contributed by atoms with Gasteiger partial charge in [-0.25, -0.2) is 9.97 Å². The van der Waals surface area contributed by atoms with Gasteiger partial charge >= 0.3 is 0 Å². The van der Waals surface area contributed by atoms with Crippen LogP contribution in [0, 0.1) is 6.92 Å². The molecule has 1 aromatic carbocycles. The van der Waals surface area contributed by atoms with Gasteiger partial charge in [-0.15, -0.1) is 0 Å². The van der Waals surface area contributed by atoms with Gasteiger partial charge in [-0.05, 0) is 31.5 Å². The summed E-state index contributed by atoms with van der Waals surface area (Å²) >= 11 is 6.14. The second-order valence-corrected chi connectivity index (χ2v) is 4.93. The van der Waals surface area contributed by atoms with E-state index < -0.39 is 0 Å². The summed E-state index contributed by atoms with van der Waals surface area (Å²) in [5, 5.41) is 4.67. The standard InChI is InChI=1S/C15H14ClN3O/c1-3-17-15-18-8-9(2)13(19-15)12-7-10-5-4-6-11(16)14(10)20-12/h4-8H,3H2,1-2H3,(H,17,18,19). The highest BCUT2D eigenvalue weighted by atomic mass is 35.5. The van der Waals surface area contributed by atoms with Crippen molar-refractivity contribution in [3.63, 3.8) is 0 Å². The minimum absolute atomic E-state index is 0.597. The lowest BCUT2D eigenvalue weighted by Gasteiger charge is -2.05. The molecule has 0 spiro atoms. The molecule has 0 aliphatic carbocycles. The van der Waals surface area contributed by atoms with Gasteiger partial charge in [0, 0.05) is 18.1 Å². The zero-order valence-corrected chi connectivity index (χ0v) is 12.0. The molecule has 0 amide bonds. The molecule has 0 atom stereocenters. The van der Waals surface area contributed by atoms with E-state index in [2.05, 4.69) is 15.3 Å². The van der Waals surface area contributed by atoms with E-state index >= 15 is 0 Å². The fourth-order valence-electron chi connectivity index (χ4n) is 2.08. The molecule has 0 saturated carbocycles. The Morgan fingerprint density at radius 3 is 2.95 bits per heavy atom. The number of anilines is 1. The Morgan fingerprint density at radius 1 is 1.35 bits per heavy atom. The van der Waals surface area contributed by atoms with Gasteiger partial charge in [0.25, 0.3) is 0 Å². The first-order chi connectivity index (χ1) is 9.69. The minimum atomic E-state index is 0.597. The Kier molecular flexibility index (Phi) is 3.32. The van der Waals surface area contributed by atoms with Gasteiger partial charge in [0.1, 0.15) is 5.69 Å². The van der Waals surface area contributed by atoms with Gasteiger partial charge in [-0.2, -0.15) is 0 Å². The number of hydrogen-bond acceptors (Lipinski definition) is 4. The van der Waals surface area contributed by atoms with Crippen molar-refractivity contribution in [3.05, 3.63) is 41.0 Å². The normalized spacial score (nSPS) is 10.9. The van der Waals surface area contributed by atoms with Crippen molar-refractivity contribution in [2.45, 2.75) is 13.8 Å². The molecule has 2 heterocycles. The number of furan rings is 1. The summed E-state index contributed by atoms with van der Waals surface area (Å²) in [5.41, 5.74) is 2.43. The Bertz CT molecular complexity index is 767. The molecule has 20 heavy (non-hydrogen) atoms. The molecule has 5 heteroatoms. The first kappa shape index (κ1) is 12.9. The number of fused-ring (bicyclic) bond motifs is 1. The average Bonchev–Trinajstić information content (AvgIpc) is 2.86. The highest BCUT2D eigenvalue weighted by Gasteiger charge is 2.13. The third-order valence-electron chi connectivity index (χ3n) is 3.04. The van der Waals surface area contributed by atoms with Crippen LogP contribution in [0.15, 0.2) is 34.9 Å². The summed E-state index contributed by atoms with van der Waals surface area (Å²) in [6.07, 6.45) is 1.79. The average molecular weight is 288 g/mol. The van der Waals surface area contributed by atoms with Crippen LogP contribution in [0.2, 0.25) is 5.02 Å². The molecule has 1 N–H and O–H groups in total. The zero-order valence-electron chi connectivity index (χ0n) is 11.3. The molecule has 4 nitrogen and oxygen atoms in total. The quantitative estimate of drug-likeness (QED) is 0.781. The van der Waals surface area contributed by atoms with Crippen LogP contribution in [0.3, 0.4) is 0 Å². The minimum Gasteiger partial charge on any atom is -0.453 e. The maximum atomic E-state index is 6.14. The predicted molar refractivity (Wildman–Crippen MR) is 81.2 cm³/mol. The Balaban J connectivity index is 2.14. The highest BCUT2D eigenvalue weighted by Crippen LogP contribution is 2.32. The number of aryl methyl sites for hydroxylation is 1. The number of aromatic nitrogens is 2. The van der Waals surface area contributed by atoms with E-state index in [1.165, 1.54) is 0 Å². The SMILES string of the molecule is CCNc1ncc(C)c(-c2cc3cccc(Cl)c3o2)n1. The Hall–Kier alpha value is -2.07. The number of nitrogens with one attached hydrogen (secondary N) is 1. The van der Waals surface area contributed by atoms with Crippen molar-refractivity contribution in [3.8, 4) is 11.5 Å². The van der Waals surface area contributed by atoms with Crippen LogP contribution >= 0.6 is 11.6 Å². The number of rotatable bonds is 3. The Morgan fingerprint density at radius 2 is 2.20 bits per heavy atom. The lowest BCUT2D eigenvalue weighted by Crippen LogP contribution is -2.03. The van der Waals surface area contributed by atoms with E-state index in [0.717, 1.165) is 23.2 Å². The topological polar surface area (TPSA) is 51.0 Å². The van der Waals surface area contributed by atoms with E-state index in [0.29, 0.717) is 22.3 Å². The van der Waals surface area contributed by atoms with Gasteiger partial charge in [0.05, 0.1) is 5.02 Å². The molecule has 3 rings (SSSR count). The van der Waals surface area contributed by atoms with Gasteiger partial charge in [0.15, 0.2) is 11.3 Å². The van der Waals surface area contributed by atoms with E-state index in [-0.39, 0.29) is 0 Å². The molecule has 0 aliphatic heterocycles. The van der Waals surface area contributed by atoms with Gasteiger partial charge in [0.2, 0.25) is 5.95 Å². The summed E-state index contributed by atoms with van der Waals surface area (Å²) in [5.74, 6) is 1.30. The maximum Gasteiger partial charge on any atom is 0.223 e. The molecule has 0 unspecified atom stereocenters. The fraction of sp³-hybridized carbons (Fsp3) is 0.200. The van der Waals surface area contributed by atoms with Gasteiger partial charge in [-0.1, -0.05) is 23.7 Å².